The number of hydrogen-bond acceptors (Lipinski definition) is 5. The molecule has 1 amide bonds. The molecule has 0 unspecified atom stereocenters. The Kier molecular flexibility index (Phi) is 7.93. The van der Waals surface area contributed by atoms with Crippen molar-refractivity contribution in [3.8, 4) is 11.8 Å². The second-order valence-corrected chi connectivity index (χ2v) is 9.62. The van der Waals surface area contributed by atoms with Crippen LogP contribution in [-0.4, -0.2) is 15.7 Å². The van der Waals surface area contributed by atoms with E-state index in [1.165, 1.54) is 24.3 Å². The molecule has 5 aromatic rings. The molecule has 7 nitrogen and oxygen atoms in total. The number of anilines is 3. The van der Waals surface area contributed by atoms with E-state index in [-0.39, 0.29) is 11.3 Å². The standard InChI is InChI=1S/C32H25F3N6O/c33-32(34,35)30-29(20-41(40-30)28-6-2-4-24(17-28)18-36)31(42)39-27-5-1-3-23(16-27)15-21-9-13-26(14-10-21)38-19-22-7-11-25(37)12-8-22/h1-14,16-17,20,38H,15,19,37H2,(H,39,42). The van der Waals surface area contributed by atoms with Crippen molar-refractivity contribution >= 4 is 23.0 Å². The Morgan fingerprint density at radius 1 is 0.881 bits per heavy atom. The summed E-state index contributed by atoms with van der Waals surface area (Å²) in [6.07, 6.45) is -3.28. The Labute approximate surface area is 240 Å². The van der Waals surface area contributed by atoms with Crippen LogP contribution in [0, 0.1) is 11.3 Å². The average molecular weight is 567 g/mol. The molecule has 0 aliphatic carbocycles. The van der Waals surface area contributed by atoms with Crippen LogP contribution in [0.2, 0.25) is 0 Å². The van der Waals surface area contributed by atoms with E-state index in [9.17, 15) is 18.0 Å². The molecule has 10 heteroatoms. The maximum absolute atomic E-state index is 13.8. The molecule has 0 radical (unpaired) electrons. The lowest BCUT2D eigenvalue weighted by atomic mass is 10.0. The van der Waals surface area contributed by atoms with Crippen LogP contribution < -0.4 is 16.4 Å². The molecule has 42 heavy (non-hydrogen) atoms. The van der Waals surface area contributed by atoms with Crippen LogP contribution in [0.3, 0.4) is 0 Å². The first-order chi connectivity index (χ1) is 20.2. The van der Waals surface area contributed by atoms with Crippen LogP contribution in [0.4, 0.5) is 30.2 Å². The maximum Gasteiger partial charge on any atom is 0.435 e. The minimum atomic E-state index is -4.86. The SMILES string of the molecule is N#Cc1cccc(-n2cc(C(=O)Nc3cccc(Cc4ccc(NCc5ccc(N)cc5)cc4)c3)c(C(F)(F)F)n2)c1. The van der Waals surface area contributed by atoms with Crippen molar-refractivity contribution in [3.05, 3.63) is 137 Å². The number of halogens is 3. The van der Waals surface area contributed by atoms with Gasteiger partial charge in [-0.2, -0.15) is 23.5 Å². The van der Waals surface area contributed by atoms with E-state index in [1.807, 2.05) is 60.7 Å². The Hall–Kier alpha value is -5.56. The van der Waals surface area contributed by atoms with Gasteiger partial charge < -0.3 is 16.4 Å². The summed E-state index contributed by atoms with van der Waals surface area (Å²) in [5.41, 5.74) is 9.30. The van der Waals surface area contributed by atoms with Gasteiger partial charge in [0.25, 0.3) is 5.91 Å². The summed E-state index contributed by atoms with van der Waals surface area (Å²) < 4.78 is 42.3. The predicted octanol–water partition coefficient (Wildman–Crippen LogP) is 6.80. The van der Waals surface area contributed by atoms with Gasteiger partial charge in [-0.25, -0.2) is 4.68 Å². The molecule has 0 aliphatic rings. The molecule has 0 saturated heterocycles. The molecule has 4 aromatic carbocycles. The number of nitrogens with one attached hydrogen (secondary N) is 2. The zero-order chi connectivity index (χ0) is 29.7. The van der Waals surface area contributed by atoms with E-state index in [4.69, 9.17) is 11.0 Å². The highest BCUT2D eigenvalue weighted by Crippen LogP contribution is 2.32. The maximum atomic E-state index is 13.8. The quantitative estimate of drug-likeness (QED) is 0.179. The van der Waals surface area contributed by atoms with Crippen molar-refractivity contribution in [2.24, 2.45) is 0 Å². The van der Waals surface area contributed by atoms with Gasteiger partial charge in [-0.15, -0.1) is 0 Å². The third-order valence-electron chi connectivity index (χ3n) is 6.49. The number of hydrogen-bond donors (Lipinski definition) is 3. The number of carbonyl (C=O) groups is 1. The fraction of sp³-hybridized carbons (Fsp3) is 0.0938. The summed E-state index contributed by atoms with van der Waals surface area (Å²) in [5.74, 6) is -0.946. The largest absolute Gasteiger partial charge is 0.435 e. The van der Waals surface area contributed by atoms with E-state index < -0.39 is 23.3 Å². The highest BCUT2D eigenvalue weighted by molar-refractivity contribution is 6.05. The lowest BCUT2D eigenvalue weighted by Gasteiger charge is -2.10. The van der Waals surface area contributed by atoms with Crippen molar-refractivity contribution < 1.29 is 18.0 Å². The van der Waals surface area contributed by atoms with Crippen LogP contribution in [0.25, 0.3) is 5.69 Å². The lowest BCUT2D eigenvalue weighted by molar-refractivity contribution is -0.141. The molecule has 0 aliphatic heterocycles. The number of aromatic nitrogens is 2. The summed E-state index contributed by atoms with van der Waals surface area (Å²) in [4.78, 5) is 13.0. The van der Waals surface area contributed by atoms with Crippen LogP contribution in [0.15, 0.2) is 103 Å². The molecule has 5 rings (SSSR count). The fourth-order valence-electron chi connectivity index (χ4n) is 4.37. The zero-order valence-corrected chi connectivity index (χ0v) is 22.2. The van der Waals surface area contributed by atoms with Gasteiger partial charge >= 0.3 is 6.18 Å². The molecule has 1 aromatic heterocycles. The molecular formula is C32H25F3N6O. The molecule has 0 spiro atoms. The number of nitrogens with zero attached hydrogens (tertiary/aromatic N) is 3. The van der Waals surface area contributed by atoms with Crippen LogP contribution >= 0.6 is 0 Å². The first-order valence-electron chi connectivity index (χ1n) is 12.9. The molecule has 1 heterocycles. The first-order valence-corrected chi connectivity index (χ1v) is 12.9. The van der Waals surface area contributed by atoms with Gasteiger partial charge in [-0.05, 0) is 77.7 Å². The van der Waals surface area contributed by atoms with Gasteiger partial charge in [-0.3, -0.25) is 4.79 Å². The second-order valence-electron chi connectivity index (χ2n) is 9.62. The highest BCUT2D eigenvalue weighted by Gasteiger charge is 2.39. The summed E-state index contributed by atoms with van der Waals surface area (Å²) in [6, 6.07) is 30.4. The van der Waals surface area contributed by atoms with Gasteiger partial charge in [0, 0.05) is 29.8 Å². The zero-order valence-electron chi connectivity index (χ0n) is 22.2. The summed E-state index contributed by atoms with van der Waals surface area (Å²) in [6.45, 7) is 0.655. The van der Waals surface area contributed by atoms with E-state index in [2.05, 4.69) is 15.7 Å². The third-order valence-corrected chi connectivity index (χ3v) is 6.49. The van der Waals surface area contributed by atoms with E-state index >= 15 is 0 Å². The second kappa shape index (κ2) is 11.9. The van der Waals surface area contributed by atoms with Gasteiger partial charge in [0.2, 0.25) is 0 Å². The first kappa shape index (κ1) is 28.0. The van der Waals surface area contributed by atoms with Crippen molar-refractivity contribution in [2.75, 3.05) is 16.4 Å². The van der Waals surface area contributed by atoms with Crippen LogP contribution in [0.5, 0.6) is 0 Å². The normalized spacial score (nSPS) is 11.1. The Morgan fingerprint density at radius 3 is 2.31 bits per heavy atom. The predicted molar refractivity (Wildman–Crippen MR) is 155 cm³/mol. The Bertz CT molecular complexity index is 1750. The lowest BCUT2D eigenvalue weighted by Crippen LogP contribution is -2.17. The summed E-state index contributed by atoms with van der Waals surface area (Å²) >= 11 is 0. The molecule has 4 N–H and O–H groups in total. The van der Waals surface area contributed by atoms with E-state index in [1.54, 1.807) is 18.2 Å². The van der Waals surface area contributed by atoms with Crippen molar-refractivity contribution in [3.63, 3.8) is 0 Å². The highest BCUT2D eigenvalue weighted by atomic mass is 19.4. The molecule has 0 atom stereocenters. The van der Waals surface area contributed by atoms with E-state index in [0.29, 0.717) is 24.3 Å². The number of carbonyl (C=O) groups excluding carboxylic acids is 1. The van der Waals surface area contributed by atoms with Crippen LogP contribution in [-0.2, 0) is 19.1 Å². The van der Waals surface area contributed by atoms with Gasteiger partial charge in [0.05, 0.1) is 22.9 Å². The number of rotatable bonds is 8. The number of benzene rings is 4. The average Bonchev–Trinajstić information content (AvgIpc) is 3.45. The van der Waals surface area contributed by atoms with Gasteiger partial charge in [0.15, 0.2) is 5.69 Å². The smallest absolute Gasteiger partial charge is 0.399 e. The third kappa shape index (κ3) is 6.77. The summed E-state index contributed by atoms with van der Waals surface area (Å²) in [5, 5.41) is 18.7. The number of nitrogen functional groups attached to an aromatic ring is 1. The van der Waals surface area contributed by atoms with Crippen molar-refractivity contribution in [1.29, 1.82) is 5.26 Å². The summed E-state index contributed by atoms with van der Waals surface area (Å²) in [7, 11) is 0. The Balaban J connectivity index is 1.27. The minimum Gasteiger partial charge on any atom is -0.399 e. The van der Waals surface area contributed by atoms with Gasteiger partial charge in [0.1, 0.15) is 0 Å². The van der Waals surface area contributed by atoms with Crippen molar-refractivity contribution in [2.45, 2.75) is 19.1 Å². The molecule has 0 saturated carbocycles. The number of nitriles is 1. The number of alkyl halides is 3. The molecule has 0 fully saturated rings. The Morgan fingerprint density at radius 2 is 1.60 bits per heavy atom. The van der Waals surface area contributed by atoms with E-state index in [0.717, 1.165) is 33.3 Å². The molecule has 210 valence electrons. The van der Waals surface area contributed by atoms with Crippen molar-refractivity contribution in [1.82, 2.24) is 9.78 Å². The molecular weight excluding hydrogens is 541 g/mol. The fourth-order valence-corrected chi connectivity index (χ4v) is 4.37. The topological polar surface area (TPSA) is 109 Å². The number of nitrogens with two attached hydrogens (primary N) is 1. The van der Waals surface area contributed by atoms with Gasteiger partial charge in [-0.1, -0.05) is 42.5 Å². The number of amides is 1. The molecule has 0 bridgehead atoms. The minimum absolute atomic E-state index is 0.229. The monoisotopic (exact) mass is 566 g/mol. The van der Waals surface area contributed by atoms with Crippen LogP contribution in [0.1, 0.15) is 38.3 Å².